The SMILES string of the molecule is OC[C@@H]1O[C@@H]2O[C@H]3[C@H](O)[C@@H](O)[C@@H](O[C@H]4[C@@H](O)[C@H](O)[C@@H](O[C@H]5[C@H](O)[C@H](O)[C@@H](O[C@H]6[C@H](O)[C@@H](O)[C@@H](O[C@H]7[C@H](O)[C@@H](O)[C@@H](O[C@H]8[C@H](O)[C@@H](O)[C@@H](O[C@H]1[C@H](O)[C@H]2O)O[C@H]8CO)O[C@H]7CO)O[C@@H]6CO)O[C@@H]5CO)O[C@@H]4CO)O[C@H]3CNc1ccccc1. The number of para-hydroxylation sites is 1. The molecule has 14 bridgehead atoms. The van der Waals surface area contributed by atoms with E-state index >= 15 is 0 Å². The van der Waals surface area contributed by atoms with Gasteiger partial charge < -0.3 is 174 Å². The van der Waals surface area contributed by atoms with E-state index in [1.165, 1.54) is 0 Å². The molecule has 21 saturated heterocycles. The van der Waals surface area contributed by atoms with Crippen molar-refractivity contribution in [2.75, 3.05) is 51.5 Å². The standard InChI is InChI=1S/C48H75NO34/c50-7-15-36-23(58)30(65)44(72-15)80-38-17(9-52)74-46(32(67)25(38)60)82-40-19(11-54)76-48(34(69)27(40)62)83-41-20(12-55)75-47(33(68)26(41)61)81-39-18(10-53)73-45(31(66)24(39)59)79-37-16(8-51)71-43(29(64)22(37)57)77-35-14(6-49-13-4-2-1-3-5-13)70-42(78-36)28(63)21(35)56/h1-5,14-69H,6-12H2/t14-,15+,16-,17+,18-,19+,20-,21+,22+,23-,24+,25+,26+,27+,28+,29+,30-,31+,32-,33+,34+,35+,36+,37+,38+,39+,40+,41+,42+,43+,44+,45+,46+,47+,48+/m0/s1. The Labute approximate surface area is 470 Å². The fourth-order valence-electron chi connectivity index (χ4n) is 11.2. The average molecular weight is 1210 g/mol. The molecule has 0 unspecified atom stereocenters. The van der Waals surface area contributed by atoms with E-state index in [0.717, 1.165) is 0 Å². The molecule has 22 rings (SSSR count). The van der Waals surface area contributed by atoms with E-state index in [4.69, 9.17) is 66.3 Å². The highest BCUT2D eigenvalue weighted by atomic mass is 16.8. The number of hydrogen-bond acceptors (Lipinski definition) is 35. The fourth-order valence-corrected chi connectivity index (χ4v) is 11.2. The lowest BCUT2D eigenvalue weighted by Gasteiger charge is -2.50. The highest BCUT2D eigenvalue weighted by molar-refractivity contribution is 5.42. The molecule has 35 nitrogen and oxygen atoms in total. The maximum Gasteiger partial charge on any atom is 0.187 e. The number of benzene rings is 1. The van der Waals surface area contributed by atoms with Crippen molar-refractivity contribution < 1.29 is 168 Å². The highest BCUT2D eigenvalue weighted by Crippen LogP contribution is 2.39. The second-order valence-corrected chi connectivity index (χ2v) is 21.2. The molecule has 21 fully saturated rings. The van der Waals surface area contributed by atoms with E-state index in [-0.39, 0.29) is 6.54 Å². The van der Waals surface area contributed by atoms with Crippen LogP contribution in [0, 0.1) is 0 Å². The predicted octanol–water partition coefficient (Wildman–Crippen LogP) is -13.1. The Balaban J connectivity index is 1.01. The first-order chi connectivity index (χ1) is 39.7. The van der Waals surface area contributed by atoms with Crippen molar-refractivity contribution in [2.45, 2.75) is 215 Å². The monoisotopic (exact) mass is 1210 g/mol. The minimum atomic E-state index is -2.21. The molecule has 21 aliphatic rings. The van der Waals surface area contributed by atoms with Crippen molar-refractivity contribution >= 4 is 5.69 Å². The molecule has 21 N–H and O–H groups in total. The number of hydrogen-bond donors (Lipinski definition) is 21. The van der Waals surface area contributed by atoms with Gasteiger partial charge >= 0.3 is 0 Å². The Bertz CT molecular complexity index is 2140. The van der Waals surface area contributed by atoms with Crippen LogP contribution in [0.5, 0.6) is 0 Å². The van der Waals surface area contributed by atoms with Crippen LogP contribution in [0.2, 0.25) is 0 Å². The smallest absolute Gasteiger partial charge is 0.187 e. The Hall–Kier alpha value is -2.34. The van der Waals surface area contributed by atoms with Crippen molar-refractivity contribution in [1.29, 1.82) is 0 Å². The lowest BCUT2D eigenvalue weighted by molar-refractivity contribution is -0.396. The molecule has 0 spiro atoms. The van der Waals surface area contributed by atoms with E-state index in [9.17, 15) is 102 Å². The first-order valence-electron chi connectivity index (χ1n) is 26.8. The van der Waals surface area contributed by atoms with Crippen LogP contribution >= 0.6 is 0 Å². The van der Waals surface area contributed by atoms with Gasteiger partial charge in [-0.1, -0.05) is 18.2 Å². The number of rotatable bonds is 9. The molecule has 21 aliphatic heterocycles. The topological polar surface area (TPSA) is 546 Å². The van der Waals surface area contributed by atoms with Gasteiger partial charge in [0.1, 0.15) is 171 Å². The molecule has 0 aromatic heterocycles. The van der Waals surface area contributed by atoms with E-state index in [2.05, 4.69) is 5.32 Å². The molecule has 1 aromatic carbocycles. The third-order valence-electron chi connectivity index (χ3n) is 15.9. The number of ether oxygens (including phenoxy) is 14. The third-order valence-corrected chi connectivity index (χ3v) is 15.9. The van der Waals surface area contributed by atoms with Crippen LogP contribution in [0.1, 0.15) is 0 Å². The molecule has 0 amide bonds. The largest absolute Gasteiger partial charge is 0.394 e. The van der Waals surface area contributed by atoms with Crippen molar-refractivity contribution in [3.63, 3.8) is 0 Å². The molecular weight excluding hydrogens is 1130 g/mol. The molecule has 83 heavy (non-hydrogen) atoms. The van der Waals surface area contributed by atoms with Gasteiger partial charge in [0.05, 0.1) is 39.6 Å². The molecule has 476 valence electrons. The van der Waals surface area contributed by atoms with Gasteiger partial charge in [-0.2, -0.15) is 0 Å². The molecule has 21 heterocycles. The van der Waals surface area contributed by atoms with Crippen molar-refractivity contribution in [1.82, 2.24) is 0 Å². The summed E-state index contributed by atoms with van der Waals surface area (Å²) in [7, 11) is 0. The summed E-state index contributed by atoms with van der Waals surface area (Å²) in [5.41, 5.74) is 0.488. The van der Waals surface area contributed by atoms with E-state index < -0.39 is 255 Å². The summed E-state index contributed by atoms with van der Waals surface area (Å²) < 4.78 is 81.2. The molecule has 35 atom stereocenters. The van der Waals surface area contributed by atoms with Crippen LogP contribution in [0.4, 0.5) is 5.69 Å². The fraction of sp³-hybridized carbons (Fsp3) is 0.875. The van der Waals surface area contributed by atoms with E-state index in [1.54, 1.807) is 30.3 Å². The number of aliphatic hydroxyl groups is 20. The second-order valence-electron chi connectivity index (χ2n) is 21.2. The van der Waals surface area contributed by atoms with Crippen molar-refractivity contribution in [2.24, 2.45) is 0 Å². The Morgan fingerprint density at radius 2 is 0.422 bits per heavy atom. The minimum Gasteiger partial charge on any atom is -0.394 e. The van der Waals surface area contributed by atoms with E-state index in [1.807, 2.05) is 0 Å². The molecule has 0 aliphatic carbocycles. The van der Waals surface area contributed by atoms with Gasteiger partial charge in [-0.25, -0.2) is 0 Å². The number of nitrogens with one attached hydrogen (secondary N) is 1. The summed E-state index contributed by atoms with van der Waals surface area (Å²) in [6.07, 6.45) is -69.3. The van der Waals surface area contributed by atoms with Crippen molar-refractivity contribution in [3.05, 3.63) is 30.3 Å². The lowest BCUT2D eigenvalue weighted by Crippen LogP contribution is -2.68. The average Bonchev–Trinajstić information content (AvgIpc) is 3.29. The summed E-state index contributed by atoms with van der Waals surface area (Å²) in [5.74, 6) is 0. The summed E-state index contributed by atoms with van der Waals surface area (Å²) in [5, 5.41) is 226. The first-order valence-corrected chi connectivity index (χ1v) is 26.8. The van der Waals surface area contributed by atoms with Crippen molar-refractivity contribution in [3.8, 4) is 0 Å². The normalized spacial score (nSPS) is 52.1. The van der Waals surface area contributed by atoms with Gasteiger partial charge in [0, 0.05) is 12.2 Å². The second kappa shape index (κ2) is 28.0. The highest BCUT2D eigenvalue weighted by Gasteiger charge is 2.59. The first kappa shape index (κ1) is 65.1. The third kappa shape index (κ3) is 13.2. The van der Waals surface area contributed by atoms with Crippen LogP contribution in [-0.4, -0.2) is 363 Å². The maximum absolute atomic E-state index is 11.8. The Morgan fingerprint density at radius 1 is 0.241 bits per heavy atom. The van der Waals surface area contributed by atoms with E-state index in [0.29, 0.717) is 5.69 Å². The van der Waals surface area contributed by atoms with Gasteiger partial charge in [0.25, 0.3) is 0 Å². The van der Waals surface area contributed by atoms with Crippen LogP contribution < -0.4 is 5.32 Å². The summed E-state index contributed by atoms with van der Waals surface area (Å²) in [4.78, 5) is 0. The van der Waals surface area contributed by atoms with Gasteiger partial charge in [0.2, 0.25) is 0 Å². The zero-order valence-corrected chi connectivity index (χ0v) is 43.7. The predicted molar refractivity (Wildman–Crippen MR) is 256 cm³/mol. The van der Waals surface area contributed by atoms with Crippen LogP contribution in [-0.2, 0) is 66.3 Å². The summed E-state index contributed by atoms with van der Waals surface area (Å²) in [6.45, 7) is -6.52. The van der Waals surface area contributed by atoms with Crippen LogP contribution in [0.15, 0.2) is 30.3 Å². The molecular formula is C48H75NO34. The molecule has 35 heteroatoms. The Kier molecular flexibility index (Phi) is 22.0. The summed E-state index contributed by atoms with van der Waals surface area (Å²) in [6, 6.07) is 8.36. The minimum absolute atomic E-state index is 0.307. The summed E-state index contributed by atoms with van der Waals surface area (Å²) >= 11 is 0. The Morgan fingerprint density at radius 3 is 0.614 bits per heavy atom. The van der Waals surface area contributed by atoms with Gasteiger partial charge in [-0.3, -0.25) is 0 Å². The van der Waals surface area contributed by atoms with Crippen LogP contribution in [0.3, 0.4) is 0 Å². The molecule has 0 saturated carbocycles. The molecule has 0 radical (unpaired) electrons. The zero-order chi connectivity index (χ0) is 59.9. The zero-order valence-electron chi connectivity index (χ0n) is 43.7. The molecule has 1 aromatic rings. The quantitative estimate of drug-likeness (QED) is 0.109. The van der Waals surface area contributed by atoms with Gasteiger partial charge in [-0.15, -0.1) is 0 Å². The number of aliphatic hydroxyl groups excluding tert-OH is 20. The number of anilines is 1. The lowest BCUT2D eigenvalue weighted by atomic mass is 9.95. The van der Waals surface area contributed by atoms with Gasteiger partial charge in [0.15, 0.2) is 44.0 Å². The van der Waals surface area contributed by atoms with Gasteiger partial charge in [-0.05, 0) is 12.1 Å². The maximum atomic E-state index is 11.8. The van der Waals surface area contributed by atoms with Crippen LogP contribution in [0.25, 0.3) is 0 Å².